The first-order chi connectivity index (χ1) is 40.1. The van der Waals surface area contributed by atoms with Gasteiger partial charge in [0, 0.05) is 39.0 Å². The summed E-state index contributed by atoms with van der Waals surface area (Å²) in [7, 11) is 0. The van der Waals surface area contributed by atoms with Crippen LogP contribution < -0.4 is 54.8 Å². The number of aliphatic hydroxyl groups is 2. The van der Waals surface area contributed by atoms with Crippen LogP contribution >= 0.6 is 0 Å². The lowest BCUT2D eigenvalue weighted by molar-refractivity contribution is -0.148. The molecule has 0 aromatic heterocycles. The molecule has 17 N–H and O–H groups in total. The lowest BCUT2D eigenvalue weighted by Gasteiger charge is -2.38. The first kappa shape index (κ1) is 66.2. The third-order valence-corrected chi connectivity index (χ3v) is 16.9. The van der Waals surface area contributed by atoms with Crippen molar-refractivity contribution in [1.29, 1.82) is 0 Å². The average Bonchev–Trinajstić information content (AvgIpc) is 2.43. The Labute approximate surface area is 490 Å². The van der Waals surface area contributed by atoms with E-state index in [9.17, 15) is 63.3 Å². The molecule has 27 nitrogen and oxygen atoms in total. The predicted octanol–water partition coefficient (Wildman–Crippen LogP) is -2.55. The molecule has 5 aliphatic rings. The molecule has 0 spiro atoms. The number of amides is 9. The fourth-order valence-corrected chi connectivity index (χ4v) is 12.4. The monoisotopic (exact) mass is 1180 g/mol. The number of nitrogens with one attached hydrogen (secondary N) is 6. The largest absolute Gasteiger partial charge is 0.480 e. The Morgan fingerprint density at radius 1 is 0.679 bits per heavy atom. The summed E-state index contributed by atoms with van der Waals surface area (Å²) in [5, 5.41) is 47.7. The smallest absolute Gasteiger partial charge is 0.326 e. The lowest BCUT2D eigenvalue weighted by Crippen LogP contribution is -2.62. The van der Waals surface area contributed by atoms with Gasteiger partial charge in [0.05, 0.1) is 25.3 Å². The van der Waals surface area contributed by atoms with Crippen molar-refractivity contribution in [2.24, 2.45) is 45.7 Å². The second kappa shape index (κ2) is 31.8. The second-order valence-electron chi connectivity index (χ2n) is 23.6. The van der Waals surface area contributed by atoms with E-state index in [1.54, 1.807) is 18.2 Å². The minimum Gasteiger partial charge on any atom is -0.480 e. The van der Waals surface area contributed by atoms with Crippen molar-refractivity contribution in [1.82, 2.24) is 46.6 Å². The number of nitrogens with zero attached hydrogens (tertiary/aromatic N) is 4. The maximum atomic E-state index is 14.6. The number of benzene rings is 1. The number of aliphatic carboxylic acids is 1. The molecule has 1 aromatic rings. The number of carbonyl (C=O) groups excluding carboxylic acids is 9. The zero-order valence-corrected chi connectivity index (χ0v) is 48.5. The molecule has 27 heteroatoms. The number of likely N-dealkylation sites (tertiary alicyclic amines) is 2. The zero-order chi connectivity index (χ0) is 61.2. The second-order valence-corrected chi connectivity index (χ2v) is 23.6. The van der Waals surface area contributed by atoms with Gasteiger partial charge in [-0.15, -0.1) is 0 Å². The molecular formula is C57H90N14O13. The Kier molecular flexibility index (Phi) is 25.0. The molecule has 2 unspecified atom stereocenters. The molecule has 2 aliphatic carbocycles. The van der Waals surface area contributed by atoms with Crippen LogP contribution in [0.5, 0.6) is 0 Å². The molecule has 6 rings (SSSR count). The fraction of sp³-hybridized carbons (Fsp3) is 0.702. The van der Waals surface area contributed by atoms with E-state index < -0.39 is 139 Å². The number of β-amino-alcohol motifs (C(OH)–C–C–N with tert-alkyl or cyclic N) is 1. The molecule has 2 saturated heterocycles. The van der Waals surface area contributed by atoms with Gasteiger partial charge in [0.15, 0.2) is 5.96 Å². The molecule has 2 saturated carbocycles. The van der Waals surface area contributed by atoms with E-state index in [1.807, 2.05) is 19.9 Å². The third kappa shape index (κ3) is 18.0. The highest BCUT2D eigenvalue weighted by atomic mass is 16.4. The van der Waals surface area contributed by atoms with E-state index in [1.165, 1.54) is 14.7 Å². The van der Waals surface area contributed by atoms with Gasteiger partial charge in [-0.05, 0) is 106 Å². The minimum absolute atomic E-state index is 0.0470. The molecule has 3 heterocycles. The van der Waals surface area contributed by atoms with Crippen LogP contribution in [0.2, 0.25) is 0 Å². The van der Waals surface area contributed by atoms with Gasteiger partial charge in [0.2, 0.25) is 53.2 Å². The lowest BCUT2D eigenvalue weighted by atomic mass is 9.91. The molecule has 3 aliphatic heterocycles. The van der Waals surface area contributed by atoms with E-state index in [0.29, 0.717) is 57.9 Å². The van der Waals surface area contributed by atoms with E-state index in [0.717, 1.165) is 36.8 Å². The van der Waals surface area contributed by atoms with E-state index in [4.69, 9.17) is 22.9 Å². The quantitative estimate of drug-likeness (QED) is 0.0223. The summed E-state index contributed by atoms with van der Waals surface area (Å²) in [6.45, 7) is 2.54. The van der Waals surface area contributed by atoms with Gasteiger partial charge in [-0.3, -0.25) is 48.1 Å². The number of guanidine groups is 1. The van der Waals surface area contributed by atoms with Crippen LogP contribution in [0.15, 0.2) is 29.3 Å². The topological polar surface area (TPSA) is 430 Å². The molecule has 0 radical (unpaired) electrons. The van der Waals surface area contributed by atoms with Crippen LogP contribution in [-0.2, 0) is 60.9 Å². The van der Waals surface area contributed by atoms with Crippen molar-refractivity contribution in [2.75, 3.05) is 39.3 Å². The van der Waals surface area contributed by atoms with Gasteiger partial charge < -0.3 is 84.9 Å². The van der Waals surface area contributed by atoms with Crippen molar-refractivity contribution in [3.8, 4) is 0 Å². The summed E-state index contributed by atoms with van der Waals surface area (Å²) in [6, 6.07) is -3.50. The molecule has 0 bridgehead atoms. The van der Waals surface area contributed by atoms with Crippen molar-refractivity contribution < 1.29 is 63.3 Å². The van der Waals surface area contributed by atoms with Crippen LogP contribution in [0, 0.1) is 17.8 Å². The first-order valence-electron chi connectivity index (χ1n) is 29.9. The first-order valence-corrected chi connectivity index (χ1v) is 29.9. The Morgan fingerprint density at radius 2 is 1.31 bits per heavy atom. The average molecular weight is 1180 g/mol. The number of unbranched alkanes of at least 4 members (excludes halogenated alkanes) is 1. The SMILES string of the molecule is CC(C)C[C@H](NC(=O)[C@H](N)CCCCN)C(=O)N[C@@H](CCCN=C(N)N)C(=O)N1CCC[C@H]1C(=O)N1C[C@H](O)C[C@H]1C(=O)NCC(=O)NC(C(=O)N[C@@H](CO)C(=O)N1Cc2ccccc2C[C@@H]1C(=O)NC(C(=O)O)C1CCCC1)C1CCCC1. The fourth-order valence-electron chi connectivity index (χ4n) is 12.4. The number of hydrogen-bond donors (Lipinski definition) is 13. The van der Waals surface area contributed by atoms with Crippen molar-refractivity contribution >= 4 is 65.1 Å². The number of hydrogen-bond acceptors (Lipinski definition) is 15. The van der Waals surface area contributed by atoms with Crippen LogP contribution in [0.25, 0.3) is 0 Å². The van der Waals surface area contributed by atoms with Gasteiger partial charge in [0.25, 0.3) is 0 Å². The Morgan fingerprint density at radius 3 is 1.94 bits per heavy atom. The van der Waals surface area contributed by atoms with Crippen LogP contribution in [-0.4, -0.2) is 195 Å². The number of fused-ring (bicyclic) bond motifs is 1. The molecule has 1 aromatic carbocycles. The summed E-state index contributed by atoms with van der Waals surface area (Å²) < 4.78 is 0. The number of aliphatic hydroxyl groups excluding tert-OH is 2. The van der Waals surface area contributed by atoms with E-state index >= 15 is 0 Å². The van der Waals surface area contributed by atoms with Gasteiger partial charge in [0.1, 0.15) is 48.3 Å². The summed E-state index contributed by atoms with van der Waals surface area (Å²) >= 11 is 0. The summed E-state index contributed by atoms with van der Waals surface area (Å²) in [5.74, 6) is -8.35. The van der Waals surface area contributed by atoms with Gasteiger partial charge in [-0.2, -0.15) is 0 Å². The summed E-state index contributed by atoms with van der Waals surface area (Å²) in [5.41, 5.74) is 24.3. The van der Waals surface area contributed by atoms with Crippen LogP contribution in [0.4, 0.5) is 0 Å². The number of carbonyl (C=O) groups is 10. The maximum absolute atomic E-state index is 14.6. The number of rotatable bonds is 29. The summed E-state index contributed by atoms with van der Waals surface area (Å²) in [4.78, 5) is 147. The normalized spacial score (nSPS) is 22.0. The molecule has 4 fully saturated rings. The van der Waals surface area contributed by atoms with Gasteiger partial charge in [-0.1, -0.05) is 70.2 Å². The molecule has 10 atom stereocenters. The standard InChI is InChI=1S/C57H90N14O13/c1-32(2)25-40(65-48(75)38(59)19-9-10-22-58)49(76)64-39(20-11-23-62-57(60)61)53(80)69-24-12-21-42(69)55(82)71-30-37(73)27-44(71)50(77)63-28-45(74)67-46(33-13-3-4-14-33)52(79)66-41(31-72)54(81)70-29-36-18-8-7-17-35(36)26-43(70)51(78)68-47(56(83)84)34-15-5-6-16-34/h7-8,17-18,32-34,37-44,46-47,72-73H,3-6,9-16,19-31,58-59H2,1-2H3,(H,63,77)(H,64,76)(H,65,75)(H,66,79)(H,67,74)(H,68,78)(H,83,84)(H4,60,61,62)/t37-,38-,39+,40+,41+,42+,43-,44+,46?,47?/m1/s1. The molecule has 466 valence electrons. The summed E-state index contributed by atoms with van der Waals surface area (Å²) in [6.07, 6.45) is 6.90. The predicted molar refractivity (Wildman–Crippen MR) is 307 cm³/mol. The zero-order valence-electron chi connectivity index (χ0n) is 48.5. The van der Waals surface area contributed by atoms with E-state index in [-0.39, 0.29) is 82.5 Å². The van der Waals surface area contributed by atoms with Gasteiger partial charge >= 0.3 is 5.97 Å². The minimum atomic E-state index is -1.57. The number of nitrogens with two attached hydrogens (primary N) is 4. The van der Waals surface area contributed by atoms with Crippen LogP contribution in [0.3, 0.4) is 0 Å². The molecule has 9 amide bonds. The Hall–Kier alpha value is -6.97. The maximum Gasteiger partial charge on any atom is 0.326 e. The molecular weight excluding hydrogens is 1090 g/mol. The number of carboxylic acids is 1. The Balaban J connectivity index is 1.10. The Bertz CT molecular complexity index is 2520. The van der Waals surface area contributed by atoms with Gasteiger partial charge in [-0.25, -0.2) is 4.79 Å². The van der Waals surface area contributed by atoms with Crippen molar-refractivity contribution in [3.05, 3.63) is 35.4 Å². The third-order valence-electron chi connectivity index (χ3n) is 16.9. The highest BCUT2D eigenvalue weighted by Gasteiger charge is 2.47. The van der Waals surface area contributed by atoms with Crippen molar-refractivity contribution in [2.45, 2.75) is 196 Å². The van der Waals surface area contributed by atoms with Crippen LogP contribution in [0.1, 0.15) is 134 Å². The number of aliphatic imine (C=N–C) groups is 1. The number of carboxylic acid groups (broad SMARTS) is 1. The highest BCUT2D eigenvalue weighted by Crippen LogP contribution is 2.31. The van der Waals surface area contributed by atoms with Crippen molar-refractivity contribution in [3.63, 3.8) is 0 Å². The van der Waals surface area contributed by atoms with E-state index in [2.05, 4.69) is 36.9 Å². The highest BCUT2D eigenvalue weighted by molar-refractivity contribution is 5.98. The molecule has 84 heavy (non-hydrogen) atoms.